The first-order valence-electron chi connectivity index (χ1n) is 6.80. The zero-order valence-corrected chi connectivity index (χ0v) is 13.2. The Morgan fingerprint density at radius 2 is 1.50 bits per heavy atom. The van der Waals surface area contributed by atoms with Gasteiger partial charge in [-0.25, -0.2) is 9.59 Å². The summed E-state index contributed by atoms with van der Waals surface area (Å²) in [7, 11) is 1.29. The highest BCUT2D eigenvalue weighted by atomic mass is 16.5. The summed E-state index contributed by atoms with van der Waals surface area (Å²) in [6.45, 7) is 3.13. The normalized spacial score (nSPS) is 9.62. The molecule has 11 nitrogen and oxygen atoms in total. The number of carbonyl (C=O) groups excluding carboxylic acids is 4. The van der Waals surface area contributed by atoms with Gasteiger partial charge in [-0.1, -0.05) is 0 Å². The van der Waals surface area contributed by atoms with Crippen LogP contribution in [0.25, 0.3) is 0 Å². The van der Waals surface area contributed by atoms with E-state index in [1.165, 1.54) is 20.1 Å². The third kappa shape index (κ3) is 5.51. The molecule has 0 spiro atoms. The highest BCUT2D eigenvalue weighted by Crippen LogP contribution is 2.16. The van der Waals surface area contributed by atoms with E-state index in [1.807, 2.05) is 0 Å². The van der Waals surface area contributed by atoms with Gasteiger partial charge in [0.15, 0.2) is 0 Å². The summed E-state index contributed by atoms with van der Waals surface area (Å²) < 4.78 is 13.9. The molecule has 0 atom stereocenters. The van der Waals surface area contributed by atoms with Crippen LogP contribution in [0.3, 0.4) is 0 Å². The van der Waals surface area contributed by atoms with Crippen LogP contribution in [-0.2, 0) is 28.7 Å². The Morgan fingerprint density at radius 1 is 0.958 bits per heavy atom. The zero-order chi connectivity index (χ0) is 18.1. The highest BCUT2D eigenvalue weighted by molar-refractivity contribution is 6.37. The highest BCUT2D eigenvalue weighted by Gasteiger charge is 2.19. The topological polar surface area (TPSA) is 146 Å². The second kappa shape index (κ2) is 9.02. The van der Waals surface area contributed by atoms with Crippen LogP contribution in [0.4, 0.5) is 11.8 Å². The fourth-order valence-corrected chi connectivity index (χ4v) is 1.36. The number of ether oxygens (including phenoxy) is 3. The third-order valence-corrected chi connectivity index (χ3v) is 2.30. The fraction of sp³-hybridized carbons (Fsp3) is 0.385. The Hall–Kier alpha value is -3.24. The molecule has 0 aliphatic carbocycles. The van der Waals surface area contributed by atoms with Crippen molar-refractivity contribution in [2.45, 2.75) is 13.8 Å². The average molecular weight is 340 g/mol. The molecule has 0 unspecified atom stereocenters. The molecule has 1 rings (SSSR count). The molecule has 0 radical (unpaired) electrons. The van der Waals surface area contributed by atoms with Gasteiger partial charge in [-0.15, -0.1) is 0 Å². The first-order chi connectivity index (χ1) is 11.4. The number of aromatic nitrogens is 2. The summed E-state index contributed by atoms with van der Waals surface area (Å²) in [5.41, 5.74) is 0. The Labute approximate surface area is 136 Å². The predicted molar refractivity (Wildman–Crippen MR) is 79.1 cm³/mol. The monoisotopic (exact) mass is 340 g/mol. The minimum absolute atomic E-state index is 0.0199. The van der Waals surface area contributed by atoms with Crippen LogP contribution in [0.1, 0.15) is 13.8 Å². The van der Waals surface area contributed by atoms with Crippen molar-refractivity contribution in [3.8, 4) is 5.88 Å². The molecule has 11 heteroatoms. The lowest BCUT2D eigenvalue weighted by atomic mass is 10.5. The predicted octanol–water partition coefficient (Wildman–Crippen LogP) is -0.512. The van der Waals surface area contributed by atoms with E-state index >= 15 is 0 Å². The molecule has 0 saturated heterocycles. The lowest BCUT2D eigenvalue weighted by Crippen LogP contribution is -2.27. The molecule has 130 valence electrons. The summed E-state index contributed by atoms with van der Waals surface area (Å²) >= 11 is 0. The summed E-state index contributed by atoms with van der Waals surface area (Å²) in [6, 6.07) is 1.21. The Bertz CT molecular complexity index is 597. The molecule has 0 saturated carbocycles. The first kappa shape index (κ1) is 18.8. The van der Waals surface area contributed by atoms with Crippen LogP contribution < -0.4 is 15.4 Å². The van der Waals surface area contributed by atoms with Crippen molar-refractivity contribution in [2.24, 2.45) is 0 Å². The van der Waals surface area contributed by atoms with Gasteiger partial charge in [0, 0.05) is 6.07 Å². The van der Waals surface area contributed by atoms with Crippen molar-refractivity contribution < 1.29 is 33.4 Å². The van der Waals surface area contributed by atoms with Crippen LogP contribution in [0.15, 0.2) is 6.07 Å². The van der Waals surface area contributed by atoms with Gasteiger partial charge < -0.3 is 19.5 Å². The molecular weight excluding hydrogens is 324 g/mol. The second-order valence-corrected chi connectivity index (χ2v) is 3.97. The minimum atomic E-state index is -1.12. The van der Waals surface area contributed by atoms with E-state index in [4.69, 9.17) is 4.74 Å². The molecule has 0 bridgehead atoms. The van der Waals surface area contributed by atoms with Crippen LogP contribution in [0.5, 0.6) is 5.88 Å². The van der Waals surface area contributed by atoms with Crippen molar-refractivity contribution in [1.82, 2.24) is 9.97 Å². The molecule has 1 aromatic heterocycles. The van der Waals surface area contributed by atoms with E-state index in [2.05, 4.69) is 30.1 Å². The van der Waals surface area contributed by atoms with Crippen LogP contribution in [-0.4, -0.2) is 54.0 Å². The van der Waals surface area contributed by atoms with E-state index < -0.39 is 23.8 Å². The van der Waals surface area contributed by atoms with Gasteiger partial charge in [-0.3, -0.25) is 14.9 Å². The lowest BCUT2D eigenvalue weighted by molar-refractivity contribution is -0.152. The maximum absolute atomic E-state index is 11.6. The molecule has 1 heterocycles. The maximum atomic E-state index is 11.6. The molecule has 0 aromatic carbocycles. The Kier molecular flexibility index (Phi) is 7.07. The zero-order valence-electron chi connectivity index (χ0n) is 13.2. The lowest BCUT2D eigenvalue weighted by Gasteiger charge is -2.08. The van der Waals surface area contributed by atoms with Gasteiger partial charge in [-0.2, -0.15) is 9.97 Å². The van der Waals surface area contributed by atoms with Crippen molar-refractivity contribution in [3.05, 3.63) is 6.07 Å². The molecule has 0 fully saturated rings. The summed E-state index contributed by atoms with van der Waals surface area (Å²) in [5.74, 6) is -4.89. The van der Waals surface area contributed by atoms with E-state index in [1.54, 1.807) is 6.92 Å². The summed E-state index contributed by atoms with van der Waals surface area (Å²) in [5, 5.41) is 4.24. The molecule has 2 amide bonds. The van der Waals surface area contributed by atoms with Gasteiger partial charge in [0.2, 0.25) is 11.8 Å². The number of esters is 2. The van der Waals surface area contributed by atoms with Gasteiger partial charge in [0.25, 0.3) is 0 Å². The van der Waals surface area contributed by atoms with Crippen molar-refractivity contribution in [2.75, 3.05) is 31.0 Å². The quantitative estimate of drug-likeness (QED) is 0.534. The number of hydrogen-bond donors (Lipinski definition) is 2. The number of rotatable bonds is 5. The smallest absolute Gasteiger partial charge is 0.397 e. The van der Waals surface area contributed by atoms with E-state index in [0.29, 0.717) is 0 Å². The number of nitrogens with one attached hydrogen (secondary N) is 2. The molecular formula is C13H16N4O7. The second-order valence-electron chi connectivity index (χ2n) is 3.97. The van der Waals surface area contributed by atoms with Crippen LogP contribution in [0, 0.1) is 0 Å². The standard InChI is InChI=1S/C13H16N4O7/c1-4-23-11(20)9(18)14-7-6-8(22-3)16-13(15-7)17-10(19)12(21)24-5-2/h6H,4-5H2,1-3H3,(H2,14,15,16,17,18,19). The molecule has 0 aliphatic rings. The van der Waals surface area contributed by atoms with E-state index in [-0.39, 0.29) is 30.9 Å². The van der Waals surface area contributed by atoms with Gasteiger partial charge in [0.1, 0.15) is 5.82 Å². The summed E-state index contributed by atoms with van der Waals surface area (Å²) in [6.07, 6.45) is 0. The van der Waals surface area contributed by atoms with E-state index in [0.717, 1.165) is 0 Å². The fourth-order valence-electron chi connectivity index (χ4n) is 1.36. The number of anilines is 2. The molecule has 1 aromatic rings. The largest absolute Gasteiger partial charge is 0.481 e. The Balaban J connectivity index is 2.92. The van der Waals surface area contributed by atoms with Crippen molar-refractivity contribution in [1.29, 1.82) is 0 Å². The number of methoxy groups -OCH3 is 1. The van der Waals surface area contributed by atoms with Gasteiger partial charge >= 0.3 is 23.8 Å². The SMILES string of the molecule is CCOC(=O)C(=O)Nc1cc(OC)nc(NC(=O)C(=O)OCC)n1. The van der Waals surface area contributed by atoms with Gasteiger partial charge in [0.05, 0.1) is 20.3 Å². The molecule has 2 N–H and O–H groups in total. The van der Waals surface area contributed by atoms with Crippen LogP contribution >= 0.6 is 0 Å². The maximum Gasteiger partial charge on any atom is 0.397 e. The van der Waals surface area contributed by atoms with Gasteiger partial charge in [-0.05, 0) is 13.8 Å². The summed E-state index contributed by atoms with van der Waals surface area (Å²) in [4.78, 5) is 53.3. The first-order valence-corrected chi connectivity index (χ1v) is 6.80. The average Bonchev–Trinajstić information content (AvgIpc) is 2.54. The van der Waals surface area contributed by atoms with E-state index in [9.17, 15) is 19.2 Å². The number of hydrogen-bond acceptors (Lipinski definition) is 9. The Morgan fingerprint density at radius 3 is 2.00 bits per heavy atom. The number of carbonyl (C=O) groups is 4. The van der Waals surface area contributed by atoms with Crippen LogP contribution in [0.2, 0.25) is 0 Å². The molecule has 0 aliphatic heterocycles. The van der Waals surface area contributed by atoms with Crippen molar-refractivity contribution in [3.63, 3.8) is 0 Å². The number of amides is 2. The number of nitrogens with zero attached hydrogens (tertiary/aromatic N) is 2. The minimum Gasteiger partial charge on any atom is -0.481 e. The van der Waals surface area contributed by atoms with Crippen molar-refractivity contribution >= 4 is 35.5 Å². The third-order valence-electron chi connectivity index (χ3n) is 2.30. The molecule has 24 heavy (non-hydrogen) atoms.